The van der Waals surface area contributed by atoms with Crippen molar-refractivity contribution in [3.63, 3.8) is 0 Å². The second kappa shape index (κ2) is 8.28. The molecule has 2 aliphatic rings. The van der Waals surface area contributed by atoms with Crippen LogP contribution in [0.15, 0.2) is 27.5 Å². The third-order valence-electron chi connectivity index (χ3n) is 6.73. The van der Waals surface area contributed by atoms with E-state index in [1.54, 1.807) is 13.0 Å². The number of aromatic nitrogens is 2. The summed E-state index contributed by atoms with van der Waals surface area (Å²) < 4.78 is 7.18. The van der Waals surface area contributed by atoms with Crippen LogP contribution in [0.5, 0.6) is 0 Å². The molecule has 164 valence electrons. The van der Waals surface area contributed by atoms with Gasteiger partial charge in [0.15, 0.2) is 0 Å². The second-order valence-corrected chi connectivity index (χ2v) is 9.25. The van der Waals surface area contributed by atoms with Crippen molar-refractivity contribution in [3.05, 3.63) is 39.3 Å². The number of rotatable bonds is 4. The number of aryl methyl sites for hydroxylation is 1. The molecule has 1 saturated carbocycles. The molecule has 0 bridgehead atoms. The summed E-state index contributed by atoms with van der Waals surface area (Å²) in [4.78, 5) is 28.2. The molecule has 2 aromatic heterocycles. The molecule has 1 amide bonds. The van der Waals surface area contributed by atoms with Gasteiger partial charge in [0, 0.05) is 17.5 Å². The van der Waals surface area contributed by atoms with Gasteiger partial charge >= 0.3 is 0 Å². The Bertz CT molecular complexity index is 1190. The Kier molecular flexibility index (Phi) is 5.48. The van der Waals surface area contributed by atoms with Gasteiger partial charge in [-0.25, -0.2) is 0 Å². The molecule has 2 unspecified atom stereocenters. The van der Waals surface area contributed by atoms with Crippen LogP contribution in [0.2, 0.25) is 5.02 Å². The zero-order valence-corrected chi connectivity index (χ0v) is 18.5. The monoisotopic (exact) mass is 442 g/mol. The van der Waals surface area contributed by atoms with Crippen molar-refractivity contribution in [2.45, 2.75) is 57.5 Å². The van der Waals surface area contributed by atoms with Crippen LogP contribution in [0, 0.1) is 6.92 Å². The number of pyridine rings is 1. The van der Waals surface area contributed by atoms with Gasteiger partial charge in [0.05, 0.1) is 17.1 Å². The number of carbonyl (C=O) groups excluding carboxylic acids is 1. The Morgan fingerprint density at radius 2 is 2.03 bits per heavy atom. The minimum absolute atomic E-state index is 0.00699. The number of amides is 1. The quantitative estimate of drug-likeness (QED) is 0.664. The van der Waals surface area contributed by atoms with Crippen LogP contribution in [0.3, 0.4) is 0 Å². The molecule has 2 fully saturated rings. The van der Waals surface area contributed by atoms with Gasteiger partial charge in [0.1, 0.15) is 16.7 Å². The molecule has 2 atom stereocenters. The molecule has 1 N–H and O–H groups in total. The number of carbonyl (C=O) groups is 1. The third kappa shape index (κ3) is 3.74. The molecular formula is C23H27ClN4O3. The van der Waals surface area contributed by atoms with Gasteiger partial charge in [-0.1, -0.05) is 29.2 Å². The molecular weight excluding hydrogens is 416 g/mol. The number of hydrogen-bond acceptors (Lipinski definition) is 5. The van der Waals surface area contributed by atoms with Gasteiger partial charge in [0.2, 0.25) is 5.91 Å². The Labute approximate surface area is 185 Å². The number of fused-ring (bicyclic) bond motifs is 3. The Morgan fingerprint density at radius 1 is 1.23 bits per heavy atom. The van der Waals surface area contributed by atoms with Crippen LogP contribution in [0.1, 0.15) is 50.3 Å². The van der Waals surface area contributed by atoms with Gasteiger partial charge < -0.3 is 14.4 Å². The molecule has 1 saturated heterocycles. The van der Waals surface area contributed by atoms with Gasteiger partial charge in [-0.3, -0.25) is 14.5 Å². The highest BCUT2D eigenvalue weighted by atomic mass is 35.5. The minimum Gasteiger partial charge on any atom is -0.360 e. The first-order valence-electron chi connectivity index (χ1n) is 11.1. The predicted octanol–water partition coefficient (Wildman–Crippen LogP) is 3.80. The third-order valence-corrected chi connectivity index (χ3v) is 7.05. The Balaban J connectivity index is 1.41. The van der Waals surface area contributed by atoms with Crippen LogP contribution >= 0.6 is 11.6 Å². The number of hydrogen-bond donors (Lipinski definition) is 1. The van der Waals surface area contributed by atoms with Crippen LogP contribution in [-0.4, -0.2) is 46.2 Å². The molecule has 1 aliphatic carbocycles. The van der Waals surface area contributed by atoms with Crippen molar-refractivity contribution < 1.29 is 9.32 Å². The van der Waals surface area contributed by atoms with Crippen molar-refractivity contribution in [1.29, 1.82) is 0 Å². The van der Waals surface area contributed by atoms with Crippen LogP contribution in [0.4, 0.5) is 0 Å². The summed E-state index contributed by atoms with van der Waals surface area (Å²) in [6.45, 7) is 4.22. The maximum Gasteiger partial charge on any atom is 0.264 e. The lowest BCUT2D eigenvalue weighted by atomic mass is 10.1. The molecule has 3 heterocycles. The normalized spacial score (nSPS) is 22.4. The van der Waals surface area contributed by atoms with Crippen LogP contribution in [0.25, 0.3) is 21.8 Å². The smallest absolute Gasteiger partial charge is 0.264 e. The summed E-state index contributed by atoms with van der Waals surface area (Å²) >= 11 is 6.51. The molecule has 3 aromatic rings. The van der Waals surface area contributed by atoms with Crippen molar-refractivity contribution in [2.75, 3.05) is 19.6 Å². The summed E-state index contributed by atoms with van der Waals surface area (Å²) in [7, 11) is 0. The van der Waals surface area contributed by atoms with Crippen molar-refractivity contribution in [2.24, 2.45) is 0 Å². The molecule has 0 spiro atoms. The number of halogens is 1. The molecule has 5 rings (SSSR count). The largest absolute Gasteiger partial charge is 0.360 e. The average Bonchev–Trinajstić information content (AvgIpc) is 3.36. The lowest BCUT2D eigenvalue weighted by molar-refractivity contribution is -0.123. The highest BCUT2D eigenvalue weighted by Crippen LogP contribution is 2.36. The number of piperidine rings is 1. The fourth-order valence-electron chi connectivity index (χ4n) is 5.25. The topological polar surface area (TPSA) is 80.4 Å². The number of nitrogens with zero attached hydrogens (tertiary/aromatic N) is 3. The first kappa shape index (κ1) is 20.5. The van der Waals surface area contributed by atoms with Crippen LogP contribution < -0.4 is 10.9 Å². The van der Waals surface area contributed by atoms with Crippen molar-refractivity contribution in [1.82, 2.24) is 19.9 Å². The second-order valence-electron chi connectivity index (χ2n) is 8.84. The highest BCUT2D eigenvalue weighted by molar-refractivity contribution is 6.37. The van der Waals surface area contributed by atoms with Crippen molar-refractivity contribution >= 4 is 39.3 Å². The Morgan fingerprint density at radius 3 is 2.84 bits per heavy atom. The molecule has 1 aliphatic heterocycles. The summed E-state index contributed by atoms with van der Waals surface area (Å²) in [5.74, 6) is 0.582. The lowest BCUT2D eigenvalue weighted by Crippen LogP contribution is -2.43. The minimum atomic E-state index is -0.103. The molecule has 31 heavy (non-hydrogen) atoms. The Hall–Kier alpha value is -2.38. The highest BCUT2D eigenvalue weighted by Gasteiger charge is 2.31. The summed E-state index contributed by atoms with van der Waals surface area (Å²) in [5.41, 5.74) is 1.18. The zero-order valence-electron chi connectivity index (χ0n) is 17.7. The van der Waals surface area contributed by atoms with E-state index in [1.165, 1.54) is 19.3 Å². The maximum atomic E-state index is 13.4. The summed E-state index contributed by atoms with van der Waals surface area (Å²) in [5, 5.41) is 9.08. The van der Waals surface area contributed by atoms with Crippen molar-refractivity contribution in [3.8, 4) is 0 Å². The van der Waals surface area contributed by atoms with Gasteiger partial charge in [-0.05, 0) is 64.3 Å². The van der Waals surface area contributed by atoms with E-state index in [9.17, 15) is 9.59 Å². The van der Waals surface area contributed by atoms with E-state index in [2.05, 4.69) is 15.4 Å². The van der Waals surface area contributed by atoms with Crippen LogP contribution in [-0.2, 0) is 4.79 Å². The first-order valence-corrected chi connectivity index (χ1v) is 11.5. The van der Waals surface area contributed by atoms with E-state index in [0.717, 1.165) is 43.3 Å². The molecule has 8 heteroatoms. The lowest BCUT2D eigenvalue weighted by Gasteiger charge is -2.26. The average molecular weight is 443 g/mol. The van der Waals surface area contributed by atoms with E-state index < -0.39 is 0 Å². The van der Waals surface area contributed by atoms with E-state index in [-0.39, 0.29) is 23.6 Å². The molecule has 7 nitrogen and oxygen atoms in total. The standard InChI is InChI=1S/C23H27ClN4O3/c1-14-20-22(26-31-14)21-17(24)6-5-7-18(21)28(23(20)30)16-9-8-15(12-16)25-19(29)13-27-10-3-2-4-11-27/h5-7,15-16H,2-4,8-13H2,1H3,(H,25,29). The fraction of sp³-hybridized carbons (Fsp3) is 0.522. The number of benzene rings is 1. The van der Waals surface area contributed by atoms with E-state index >= 15 is 0 Å². The van der Waals surface area contributed by atoms with Gasteiger partial charge in [0.25, 0.3) is 5.56 Å². The van der Waals surface area contributed by atoms with Gasteiger partial charge in [-0.2, -0.15) is 0 Å². The first-order chi connectivity index (χ1) is 15.0. The van der Waals surface area contributed by atoms with E-state index in [4.69, 9.17) is 16.1 Å². The maximum absolute atomic E-state index is 13.4. The molecule has 1 aromatic carbocycles. The SMILES string of the molecule is Cc1onc2c1c(=O)n(C1CCC(NC(=O)CN3CCCCC3)C1)c1cccc(Cl)c21. The summed E-state index contributed by atoms with van der Waals surface area (Å²) in [6.07, 6.45) is 6.00. The van der Waals surface area contributed by atoms with E-state index in [0.29, 0.717) is 28.2 Å². The zero-order chi connectivity index (χ0) is 21.5. The summed E-state index contributed by atoms with van der Waals surface area (Å²) in [6, 6.07) is 5.64. The predicted molar refractivity (Wildman–Crippen MR) is 121 cm³/mol. The number of nitrogens with one attached hydrogen (secondary N) is 1. The number of likely N-dealkylation sites (tertiary alicyclic amines) is 1. The molecule has 0 radical (unpaired) electrons. The fourth-order valence-corrected chi connectivity index (χ4v) is 5.51. The van der Waals surface area contributed by atoms with Gasteiger partial charge in [-0.15, -0.1) is 0 Å². The van der Waals surface area contributed by atoms with E-state index in [1.807, 2.05) is 16.7 Å².